The molecule has 1 aromatic carbocycles. The lowest BCUT2D eigenvalue weighted by Crippen LogP contribution is -2.37. The summed E-state index contributed by atoms with van der Waals surface area (Å²) in [4.78, 5) is 15.6. The van der Waals surface area contributed by atoms with Crippen molar-refractivity contribution in [3.05, 3.63) is 29.8 Å². The van der Waals surface area contributed by atoms with Crippen LogP contribution in [-0.2, 0) is 11.2 Å². The summed E-state index contributed by atoms with van der Waals surface area (Å²) < 4.78 is 0. The summed E-state index contributed by atoms with van der Waals surface area (Å²) in [6.45, 7) is 2.70. The molecule has 2 rings (SSSR count). The Morgan fingerprint density at radius 3 is 2.67 bits per heavy atom. The Kier molecular flexibility index (Phi) is 4.79. The quantitative estimate of drug-likeness (QED) is 0.771. The summed E-state index contributed by atoms with van der Waals surface area (Å²) in [6.07, 6.45) is 1.31. The first-order valence-corrected chi connectivity index (χ1v) is 7.03. The highest BCUT2D eigenvalue weighted by Gasteiger charge is 2.26. The maximum Gasteiger partial charge on any atom is 0.226 e. The van der Waals surface area contributed by atoms with Gasteiger partial charge in [-0.2, -0.15) is 10.5 Å². The Labute approximate surface area is 125 Å². The van der Waals surface area contributed by atoms with Crippen LogP contribution >= 0.6 is 0 Å². The predicted octanol–water partition coefficient (Wildman–Crippen LogP) is 1.70. The molecule has 0 saturated carbocycles. The van der Waals surface area contributed by atoms with Gasteiger partial charge in [0.05, 0.1) is 12.1 Å². The van der Waals surface area contributed by atoms with Crippen molar-refractivity contribution in [2.45, 2.75) is 25.8 Å². The average molecular weight is 282 g/mol. The molecule has 0 fully saturated rings. The van der Waals surface area contributed by atoms with Gasteiger partial charge in [0.25, 0.3) is 0 Å². The van der Waals surface area contributed by atoms with Crippen molar-refractivity contribution in [3.8, 4) is 12.1 Å². The number of rotatable bonds is 5. The van der Waals surface area contributed by atoms with Gasteiger partial charge in [0.15, 0.2) is 0 Å². The van der Waals surface area contributed by atoms with Crippen molar-refractivity contribution in [2.75, 3.05) is 24.5 Å². The summed E-state index contributed by atoms with van der Waals surface area (Å²) >= 11 is 0. The van der Waals surface area contributed by atoms with Gasteiger partial charge in [0, 0.05) is 24.7 Å². The normalized spacial score (nSPS) is 16.0. The average Bonchev–Trinajstić information content (AvgIpc) is 2.80. The van der Waals surface area contributed by atoms with Gasteiger partial charge in [0.1, 0.15) is 13.1 Å². The van der Waals surface area contributed by atoms with Crippen LogP contribution in [-0.4, -0.2) is 36.5 Å². The van der Waals surface area contributed by atoms with Crippen LogP contribution < -0.4 is 4.90 Å². The third kappa shape index (κ3) is 3.32. The summed E-state index contributed by atoms with van der Waals surface area (Å²) in [5.74, 6) is -0.144. The molecule has 1 heterocycles. The summed E-state index contributed by atoms with van der Waals surface area (Å²) in [5.41, 5.74) is 2.49. The Balaban J connectivity index is 1.98. The SMILES string of the molecule is C[C@@H]1Cc2ccccc2N1CCC(=O)N(CC#N)CC#N. The number of benzene rings is 1. The number of nitrogens with zero attached hydrogens (tertiary/aromatic N) is 4. The van der Waals surface area contributed by atoms with Crippen molar-refractivity contribution in [2.24, 2.45) is 0 Å². The molecule has 0 spiro atoms. The maximum atomic E-state index is 12.1. The number of carbonyl (C=O) groups is 1. The summed E-state index contributed by atoms with van der Waals surface area (Å²) in [7, 11) is 0. The molecule has 108 valence electrons. The van der Waals surface area contributed by atoms with E-state index in [0.29, 0.717) is 19.0 Å². The van der Waals surface area contributed by atoms with Crippen LogP contribution in [0, 0.1) is 22.7 Å². The molecule has 5 heteroatoms. The monoisotopic (exact) mass is 282 g/mol. The molecule has 0 saturated heterocycles. The van der Waals surface area contributed by atoms with Gasteiger partial charge >= 0.3 is 0 Å². The third-order valence-electron chi connectivity index (χ3n) is 3.79. The van der Waals surface area contributed by atoms with Gasteiger partial charge < -0.3 is 9.80 Å². The zero-order valence-corrected chi connectivity index (χ0v) is 12.1. The number of para-hydroxylation sites is 1. The van der Waals surface area contributed by atoms with E-state index in [1.807, 2.05) is 24.3 Å². The Morgan fingerprint density at radius 1 is 1.33 bits per heavy atom. The number of amides is 1. The van der Waals surface area contributed by atoms with Crippen LogP contribution in [0.25, 0.3) is 0 Å². The molecule has 0 aromatic heterocycles. The van der Waals surface area contributed by atoms with E-state index >= 15 is 0 Å². The molecule has 21 heavy (non-hydrogen) atoms. The first kappa shape index (κ1) is 14.9. The first-order valence-electron chi connectivity index (χ1n) is 7.03. The molecule has 0 bridgehead atoms. The zero-order valence-electron chi connectivity index (χ0n) is 12.1. The van der Waals surface area contributed by atoms with E-state index in [0.717, 1.165) is 6.42 Å². The number of hydrogen-bond donors (Lipinski definition) is 0. The minimum atomic E-state index is -0.144. The van der Waals surface area contributed by atoms with E-state index in [1.165, 1.54) is 16.2 Å². The first-order chi connectivity index (χ1) is 10.2. The fourth-order valence-corrected chi connectivity index (χ4v) is 2.75. The van der Waals surface area contributed by atoms with Crippen molar-refractivity contribution in [3.63, 3.8) is 0 Å². The van der Waals surface area contributed by atoms with Crippen LogP contribution in [0.2, 0.25) is 0 Å². The Morgan fingerprint density at radius 2 is 2.00 bits per heavy atom. The topological polar surface area (TPSA) is 71.1 Å². The lowest BCUT2D eigenvalue weighted by molar-refractivity contribution is -0.129. The van der Waals surface area contributed by atoms with E-state index in [1.54, 1.807) is 0 Å². The Bertz CT molecular complexity index is 583. The van der Waals surface area contributed by atoms with E-state index in [9.17, 15) is 4.79 Å². The predicted molar refractivity (Wildman–Crippen MR) is 79.4 cm³/mol. The molecule has 0 radical (unpaired) electrons. The van der Waals surface area contributed by atoms with Crippen LogP contribution in [0.1, 0.15) is 18.9 Å². The molecule has 0 aliphatic carbocycles. The molecule has 5 nitrogen and oxygen atoms in total. The molecule has 1 amide bonds. The van der Waals surface area contributed by atoms with Gasteiger partial charge in [-0.05, 0) is 25.0 Å². The number of hydrogen-bond acceptors (Lipinski definition) is 4. The summed E-state index contributed by atoms with van der Waals surface area (Å²) in [5, 5.41) is 17.4. The van der Waals surface area contributed by atoms with Crippen LogP contribution in [0.15, 0.2) is 24.3 Å². The van der Waals surface area contributed by atoms with Gasteiger partial charge in [-0.3, -0.25) is 4.79 Å². The smallest absolute Gasteiger partial charge is 0.226 e. The van der Waals surface area contributed by atoms with Gasteiger partial charge in [-0.15, -0.1) is 0 Å². The standard InChI is InChI=1S/C16H18N4O/c1-13-12-14-4-2-3-5-15(14)20(13)9-6-16(21)19(10-7-17)11-8-18/h2-5,13H,6,9-12H2,1H3/t13-/m1/s1. The molecule has 0 unspecified atom stereocenters. The molecule has 1 atom stereocenters. The molecular formula is C16H18N4O. The number of fused-ring (bicyclic) bond motifs is 1. The second kappa shape index (κ2) is 6.76. The van der Waals surface area contributed by atoms with E-state index in [4.69, 9.17) is 10.5 Å². The van der Waals surface area contributed by atoms with Crippen molar-refractivity contribution < 1.29 is 4.79 Å². The van der Waals surface area contributed by atoms with Gasteiger partial charge in [-0.25, -0.2) is 0 Å². The van der Waals surface area contributed by atoms with Crippen LogP contribution in [0.5, 0.6) is 0 Å². The highest BCUT2D eigenvalue weighted by atomic mass is 16.2. The van der Waals surface area contributed by atoms with Crippen molar-refractivity contribution in [1.29, 1.82) is 10.5 Å². The molecule has 1 aliphatic rings. The van der Waals surface area contributed by atoms with Gasteiger partial charge in [-0.1, -0.05) is 18.2 Å². The van der Waals surface area contributed by atoms with Crippen molar-refractivity contribution >= 4 is 11.6 Å². The lowest BCUT2D eigenvalue weighted by Gasteiger charge is -2.25. The van der Waals surface area contributed by atoms with Crippen LogP contribution in [0.4, 0.5) is 5.69 Å². The van der Waals surface area contributed by atoms with Gasteiger partial charge in [0.2, 0.25) is 5.91 Å². The highest BCUT2D eigenvalue weighted by Crippen LogP contribution is 2.31. The second-order valence-electron chi connectivity index (χ2n) is 5.19. The molecule has 1 aromatic rings. The van der Waals surface area contributed by atoms with Crippen LogP contribution in [0.3, 0.4) is 0 Å². The lowest BCUT2D eigenvalue weighted by atomic mass is 10.1. The minimum absolute atomic E-state index is 0.0292. The fraction of sp³-hybridized carbons (Fsp3) is 0.438. The molecular weight excluding hydrogens is 264 g/mol. The molecule has 0 N–H and O–H groups in total. The number of anilines is 1. The van der Waals surface area contributed by atoms with Crippen molar-refractivity contribution in [1.82, 2.24) is 4.90 Å². The molecule has 1 aliphatic heterocycles. The fourth-order valence-electron chi connectivity index (χ4n) is 2.75. The zero-order chi connectivity index (χ0) is 15.2. The summed E-state index contributed by atoms with van der Waals surface area (Å²) in [6, 6.07) is 12.4. The number of nitriles is 2. The third-order valence-corrected chi connectivity index (χ3v) is 3.79. The minimum Gasteiger partial charge on any atom is -0.368 e. The largest absolute Gasteiger partial charge is 0.368 e. The second-order valence-corrected chi connectivity index (χ2v) is 5.19. The van der Waals surface area contributed by atoms with E-state index < -0.39 is 0 Å². The van der Waals surface area contributed by atoms with E-state index in [2.05, 4.69) is 24.0 Å². The Hall–Kier alpha value is -2.53. The van der Waals surface area contributed by atoms with E-state index in [-0.39, 0.29) is 19.0 Å². The number of carbonyl (C=O) groups excluding carboxylic acids is 1. The highest BCUT2D eigenvalue weighted by molar-refractivity contribution is 5.77. The maximum absolute atomic E-state index is 12.1.